The minimum Gasteiger partial charge on any atom is -0.462 e. The molecule has 4 unspecified atom stereocenters. The number of unbranched alkanes of at least 4 members (excludes halogenated alkanes) is 39. The Labute approximate surface area is 588 Å². The number of phosphoric ester groups is 2. The summed E-state index contributed by atoms with van der Waals surface area (Å²) in [6, 6.07) is 0. The van der Waals surface area contributed by atoms with Crippen LogP contribution in [0, 0.1) is 23.7 Å². The second kappa shape index (κ2) is 66.3. The summed E-state index contributed by atoms with van der Waals surface area (Å²) in [5, 5.41) is 10.6. The van der Waals surface area contributed by atoms with Crippen LogP contribution in [0.15, 0.2) is 0 Å². The molecule has 96 heavy (non-hydrogen) atoms. The molecule has 3 N–H and O–H groups in total. The Hall–Kier alpha value is -1.94. The maximum absolute atomic E-state index is 13.1. The van der Waals surface area contributed by atoms with Crippen molar-refractivity contribution in [2.45, 2.75) is 408 Å². The van der Waals surface area contributed by atoms with E-state index in [1.165, 1.54) is 186 Å². The summed E-state index contributed by atoms with van der Waals surface area (Å²) in [6.45, 7) is 14.2. The molecule has 0 aliphatic heterocycles. The van der Waals surface area contributed by atoms with E-state index in [9.17, 15) is 43.2 Å². The highest BCUT2D eigenvalue weighted by Crippen LogP contribution is 2.45. The molecule has 0 saturated heterocycles. The fourth-order valence-electron chi connectivity index (χ4n) is 11.7. The number of aliphatic hydroxyl groups excluding tert-OH is 1. The maximum atomic E-state index is 13.1. The lowest BCUT2D eigenvalue weighted by Gasteiger charge is -2.21. The van der Waals surface area contributed by atoms with Crippen LogP contribution in [0.25, 0.3) is 0 Å². The molecule has 0 heterocycles. The highest BCUT2D eigenvalue weighted by Gasteiger charge is 2.30. The average Bonchev–Trinajstić information content (AvgIpc) is 1.36. The summed E-state index contributed by atoms with van der Waals surface area (Å²) in [7, 11) is -9.91. The van der Waals surface area contributed by atoms with Crippen LogP contribution in [0.2, 0.25) is 0 Å². The predicted octanol–water partition coefficient (Wildman–Crippen LogP) is 22.4. The van der Waals surface area contributed by atoms with Crippen molar-refractivity contribution in [1.82, 2.24) is 0 Å². The fourth-order valence-corrected chi connectivity index (χ4v) is 13.3. The molecule has 0 bridgehead atoms. The second-order valence-electron chi connectivity index (χ2n) is 29.4. The van der Waals surface area contributed by atoms with E-state index in [0.29, 0.717) is 31.6 Å². The van der Waals surface area contributed by atoms with Crippen molar-refractivity contribution >= 4 is 39.5 Å². The van der Waals surface area contributed by atoms with Gasteiger partial charge < -0.3 is 33.8 Å². The van der Waals surface area contributed by atoms with Gasteiger partial charge in [-0.25, -0.2) is 9.13 Å². The summed E-state index contributed by atoms with van der Waals surface area (Å²) in [6.07, 6.45) is 51.5. The maximum Gasteiger partial charge on any atom is 0.472 e. The lowest BCUT2D eigenvalue weighted by atomic mass is 9.99. The van der Waals surface area contributed by atoms with Gasteiger partial charge in [0.15, 0.2) is 12.2 Å². The van der Waals surface area contributed by atoms with E-state index < -0.39 is 97.5 Å². The number of carbonyl (C=O) groups is 4. The van der Waals surface area contributed by atoms with Crippen LogP contribution < -0.4 is 0 Å². The lowest BCUT2D eigenvalue weighted by Crippen LogP contribution is -2.30. The first-order chi connectivity index (χ1) is 46.1. The molecule has 17 nitrogen and oxygen atoms in total. The molecule has 0 aliphatic rings. The minimum absolute atomic E-state index is 0.106. The zero-order valence-corrected chi connectivity index (χ0v) is 64.8. The molecule has 0 radical (unpaired) electrons. The van der Waals surface area contributed by atoms with Crippen molar-refractivity contribution in [3.8, 4) is 0 Å². The summed E-state index contributed by atoms with van der Waals surface area (Å²) in [5.74, 6) is 0.931. The Bertz CT molecular complexity index is 1890. The standard InChI is InChI=1S/C77H150O17P2/c1-9-70(8)56-48-40-31-27-28-32-41-49-57-74(79)87-63-72(93-76(81)60-52-44-34-26-22-18-14-16-20-24-30-38-46-54-68(4)5)65-91-95(83,84)89-61-71(78)62-90-96(85,86)92-66-73(64-88-75(80)58-50-42-36-35-39-47-55-69(6)7)94-77(82)59-51-43-33-25-21-17-13-11-10-12-15-19-23-29-37-45-53-67(2)3/h67-73,78H,9-66H2,1-8H3,(H,83,84)(H,85,86)/t70?,71?,72-,73-/m1/s1. The van der Waals surface area contributed by atoms with Gasteiger partial charge in [0, 0.05) is 25.7 Å². The van der Waals surface area contributed by atoms with Crippen molar-refractivity contribution in [3.05, 3.63) is 0 Å². The van der Waals surface area contributed by atoms with Gasteiger partial charge in [0.1, 0.15) is 19.3 Å². The van der Waals surface area contributed by atoms with E-state index >= 15 is 0 Å². The first kappa shape index (κ1) is 94.1. The Balaban J connectivity index is 5.21. The van der Waals surface area contributed by atoms with Crippen LogP contribution in [-0.2, 0) is 65.4 Å². The largest absolute Gasteiger partial charge is 0.472 e. The lowest BCUT2D eigenvalue weighted by molar-refractivity contribution is -0.161. The SMILES string of the molecule is CCC(C)CCCCCCCCCCC(=O)OC[C@H](COP(=O)(O)OCC(O)COP(=O)(O)OC[C@@H](COC(=O)CCCCCCCCC(C)C)OC(=O)CCCCCCCCCCCCCCCCCCC(C)C)OC(=O)CCCCCCCCCCCCCCCC(C)C. The first-order valence-electron chi connectivity index (χ1n) is 39.7. The normalized spacial score (nSPS) is 14.4. The van der Waals surface area contributed by atoms with Crippen LogP contribution in [0.1, 0.15) is 389 Å². The third-order valence-electron chi connectivity index (χ3n) is 18.2. The zero-order chi connectivity index (χ0) is 71.0. The van der Waals surface area contributed by atoms with Crippen LogP contribution in [0.5, 0.6) is 0 Å². The molecule has 0 rings (SSSR count). The summed E-state index contributed by atoms with van der Waals surface area (Å²) >= 11 is 0. The van der Waals surface area contributed by atoms with Gasteiger partial charge in [-0.15, -0.1) is 0 Å². The molecule has 0 saturated carbocycles. The van der Waals surface area contributed by atoms with Gasteiger partial charge in [0.05, 0.1) is 26.4 Å². The molecule has 0 amide bonds. The van der Waals surface area contributed by atoms with Crippen molar-refractivity contribution in [1.29, 1.82) is 0 Å². The molecule has 570 valence electrons. The van der Waals surface area contributed by atoms with Crippen LogP contribution in [0.4, 0.5) is 0 Å². The van der Waals surface area contributed by atoms with E-state index in [-0.39, 0.29) is 25.7 Å². The number of ether oxygens (including phenoxy) is 4. The van der Waals surface area contributed by atoms with E-state index in [0.717, 1.165) is 114 Å². The Kier molecular flexibility index (Phi) is 65.0. The number of rotatable bonds is 74. The number of phosphoric acid groups is 2. The van der Waals surface area contributed by atoms with Gasteiger partial charge in [-0.1, -0.05) is 338 Å². The van der Waals surface area contributed by atoms with Crippen molar-refractivity contribution < 1.29 is 80.2 Å². The molecule has 0 aliphatic carbocycles. The summed E-state index contributed by atoms with van der Waals surface area (Å²) in [5.41, 5.74) is 0. The molecule has 0 aromatic heterocycles. The van der Waals surface area contributed by atoms with E-state index in [1.807, 2.05) is 0 Å². The average molecular weight is 1410 g/mol. The molecule has 19 heteroatoms. The topological polar surface area (TPSA) is 237 Å². The van der Waals surface area contributed by atoms with Gasteiger partial charge in [-0.3, -0.25) is 37.3 Å². The first-order valence-corrected chi connectivity index (χ1v) is 42.7. The molecule has 0 aromatic rings. The van der Waals surface area contributed by atoms with Gasteiger partial charge in [-0.2, -0.15) is 0 Å². The summed E-state index contributed by atoms with van der Waals surface area (Å²) in [4.78, 5) is 72.8. The van der Waals surface area contributed by atoms with Crippen LogP contribution in [-0.4, -0.2) is 96.7 Å². The number of esters is 4. The van der Waals surface area contributed by atoms with E-state index in [4.69, 9.17) is 37.0 Å². The predicted molar refractivity (Wildman–Crippen MR) is 391 cm³/mol. The summed E-state index contributed by atoms with van der Waals surface area (Å²) < 4.78 is 68.5. The molecule has 0 fully saturated rings. The third kappa shape index (κ3) is 69.2. The molecular weight excluding hydrogens is 1260 g/mol. The van der Waals surface area contributed by atoms with Crippen LogP contribution >= 0.6 is 15.6 Å². The van der Waals surface area contributed by atoms with E-state index in [1.54, 1.807) is 0 Å². The quantitative estimate of drug-likeness (QED) is 0.0222. The van der Waals surface area contributed by atoms with Crippen molar-refractivity contribution in [3.63, 3.8) is 0 Å². The monoisotopic (exact) mass is 1410 g/mol. The number of hydrogen-bond donors (Lipinski definition) is 3. The van der Waals surface area contributed by atoms with Gasteiger partial charge in [0.2, 0.25) is 0 Å². The van der Waals surface area contributed by atoms with Gasteiger partial charge in [0.25, 0.3) is 0 Å². The van der Waals surface area contributed by atoms with Gasteiger partial charge >= 0.3 is 39.5 Å². The molecule has 0 aromatic carbocycles. The van der Waals surface area contributed by atoms with Crippen LogP contribution in [0.3, 0.4) is 0 Å². The second-order valence-corrected chi connectivity index (χ2v) is 32.3. The minimum atomic E-state index is -4.96. The number of hydrogen-bond acceptors (Lipinski definition) is 15. The van der Waals surface area contributed by atoms with Gasteiger partial charge in [-0.05, 0) is 49.4 Å². The van der Waals surface area contributed by atoms with E-state index in [2.05, 4.69) is 55.4 Å². The molecule has 0 spiro atoms. The molecular formula is C77H150O17P2. The van der Waals surface area contributed by atoms with Crippen molar-refractivity contribution in [2.24, 2.45) is 23.7 Å². The molecule has 6 atom stereocenters. The smallest absolute Gasteiger partial charge is 0.462 e. The third-order valence-corrected chi connectivity index (χ3v) is 20.1. The Morgan fingerprint density at radius 1 is 0.292 bits per heavy atom. The fraction of sp³-hybridized carbons (Fsp3) is 0.948. The number of carbonyl (C=O) groups excluding carboxylic acids is 4. The highest BCUT2D eigenvalue weighted by molar-refractivity contribution is 7.47. The zero-order valence-electron chi connectivity index (χ0n) is 63.0. The Morgan fingerprint density at radius 2 is 0.500 bits per heavy atom. The highest BCUT2D eigenvalue weighted by atomic mass is 31.2. The Morgan fingerprint density at radius 3 is 0.740 bits per heavy atom. The number of aliphatic hydroxyl groups is 1. The van der Waals surface area contributed by atoms with Crippen molar-refractivity contribution in [2.75, 3.05) is 39.6 Å².